The minimum absolute atomic E-state index is 0.0666. The number of aryl methyl sites for hydroxylation is 1. The summed E-state index contributed by atoms with van der Waals surface area (Å²) in [6.45, 7) is 7.02. The van der Waals surface area contributed by atoms with E-state index in [0.29, 0.717) is 30.1 Å². The third-order valence-corrected chi connectivity index (χ3v) is 8.81. The van der Waals surface area contributed by atoms with Crippen LogP contribution in [0.25, 0.3) is 0 Å². The summed E-state index contributed by atoms with van der Waals surface area (Å²) in [5, 5.41) is 0. The SMILES string of the molecule is C=CCCOc1ccc(CCC2CCC(c3ccc(C4CCC(OCCCC)CC4)c(F)c3F)CC2)cc1F. The number of unbranched alkanes of at least 4 members (excludes halogenated alkanes) is 1. The quantitative estimate of drug-likeness (QED) is 0.185. The van der Waals surface area contributed by atoms with Crippen LogP contribution in [-0.4, -0.2) is 19.3 Å². The van der Waals surface area contributed by atoms with Gasteiger partial charge in [0.1, 0.15) is 0 Å². The van der Waals surface area contributed by atoms with Crippen LogP contribution in [0.2, 0.25) is 0 Å². The highest BCUT2D eigenvalue weighted by Crippen LogP contribution is 2.41. The average molecular weight is 543 g/mol. The Kier molecular flexibility index (Phi) is 11.4. The van der Waals surface area contributed by atoms with Crippen molar-refractivity contribution >= 4 is 0 Å². The molecule has 0 aliphatic heterocycles. The molecular weight excluding hydrogens is 497 g/mol. The number of benzene rings is 2. The fourth-order valence-corrected chi connectivity index (χ4v) is 6.35. The Hall–Kier alpha value is -2.27. The first-order valence-electron chi connectivity index (χ1n) is 15.1. The summed E-state index contributed by atoms with van der Waals surface area (Å²) >= 11 is 0. The summed E-state index contributed by atoms with van der Waals surface area (Å²) in [5.74, 6) is -0.647. The molecule has 2 nitrogen and oxygen atoms in total. The van der Waals surface area contributed by atoms with E-state index in [1.54, 1.807) is 18.2 Å². The van der Waals surface area contributed by atoms with Gasteiger partial charge in [0.05, 0.1) is 12.7 Å². The molecule has 0 heterocycles. The van der Waals surface area contributed by atoms with Crippen LogP contribution in [0.1, 0.15) is 112 Å². The van der Waals surface area contributed by atoms with Crippen molar-refractivity contribution in [1.29, 1.82) is 0 Å². The molecule has 0 saturated heterocycles. The lowest BCUT2D eigenvalue weighted by atomic mass is 9.76. The van der Waals surface area contributed by atoms with Gasteiger partial charge in [-0.15, -0.1) is 6.58 Å². The maximum absolute atomic E-state index is 15.3. The summed E-state index contributed by atoms with van der Waals surface area (Å²) in [4.78, 5) is 0. The van der Waals surface area contributed by atoms with Crippen molar-refractivity contribution < 1.29 is 22.6 Å². The van der Waals surface area contributed by atoms with Gasteiger partial charge in [0.25, 0.3) is 0 Å². The molecule has 2 fully saturated rings. The number of hydrogen-bond donors (Lipinski definition) is 0. The molecule has 4 rings (SSSR count). The van der Waals surface area contributed by atoms with Crippen molar-refractivity contribution in [2.45, 2.75) is 108 Å². The third-order valence-electron chi connectivity index (χ3n) is 8.81. The molecule has 0 N–H and O–H groups in total. The van der Waals surface area contributed by atoms with Crippen LogP contribution >= 0.6 is 0 Å². The van der Waals surface area contributed by atoms with E-state index < -0.39 is 11.6 Å². The van der Waals surface area contributed by atoms with Crippen LogP contribution in [-0.2, 0) is 11.2 Å². The van der Waals surface area contributed by atoms with E-state index in [2.05, 4.69) is 13.5 Å². The Morgan fingerprint density at radius 3 is 2.08 bits per heavy atom. The Bertz CT molecular complexity index is 1050. The average Bonchev–Trinajstić information content (AvgIpc) is 2.95. The maximum atomic E-state index is 15.3. The predicted octanol–water partition coefficient (Wildman–Crippen LogP) is 9.81. The molecule has 0 bridgehead atoms. The van der Waals surface area contributed by atoms with Crippen LogP contribution in [0, 0.1) is 23.4 Å². The maximum Gasteiger partial charge on any atom is 0.165 e. The first-order chi connectivity index (χ1) is 19.0. The zero-order chi connectivity index (χ0) is 27.6. The molecule has 39 heavy (non-hydrogen) atoms. The van der Waals surface area contributed by atoms with Gasteiger partial charge >= 0.3 is 0 Å². The van der Waals surface area contributed by atoms with Gasteiger partial charge in [-0.05, 0) is 124 Å². The van der Waals surface area contributed by atoms with E-state index in [4.69, 9.17) is 9.47 Å². The zero-order valence-electron chi connectivity index (χ0n) is 23.5. The van der Waals surface area contributed by atoms with Crippen LogP contribution in [0.4, 0.5) is 13.2 Å². The normalized spacial score (nSPS) is 23.5. The van der Waals surface area contributed by atoms with Gasteiger partial charge in [-0.2, -0.15) is 0 Å². The van der Waals surface area contributed by atoms with Crippen molar-refractivity contribution in [1.82, 2.24) is 0 Å². The fraction of sp³-hybridized carbons (Fsp3) is 0.588. The van der Waals surface area contributed by atoms with Crippen molar-refractivity contribution in [3.63, 3.8) is 0 Å². The first kappa shape index (κ1) is 29.7. The topological polar surface area (TPSA) is 18.5 Å². The summed E-state index contributed by atoms with van der Waals surface area (Å²) in [5.41, 5.74) is 2.05. The highest BCUT2D eigenvalue weighted by atomic mass is 19.2. The van der Waals surface area contributed by atoms with Crippen molar-refractivity contribution in [2.24, 2.45) is 5.92 Å². The van der Waals surface area contributed by atoms with E-state index in [9.17, 15) is 4.39 Å². The molecule has 0 unspecified atom stereocenters. The lowest BCUT2D eigenvalue weighted by molar-refractivity contribution is 0.0230. The lowest BCUT2D eigenvalue weighted by Crippen LogP contribution is -2.22. The third kappa shape index (κ3) is 8.13. The van der Waals surface area contributed by atoms with Gasteiger partial charge < -0.3 is 9.47 Å². The second-order valence-electron chi connectivity index (χ2n) is 11.5. The number of halogens is 3. The Morgan fingerprint density at radius 1 is 0.846 bits per heavy atom. The van der Waals surface area contributed by atoms with E-state index in [1.165, 1.54) is 0 Å². The van der Waals surface area contributed by atoms with E-state index in [-0.39, 0.29) is 29.5 Å². The molecule has 2 saturated carbocycles. The van der Waals surface area contributed by atoms with E-state index in [0.717, 1.165) is 89.2 Å². The molecule has 2 aromatic carbocycles. The van der Waals surface area contributed by atoms with Gasteiger partial charge in [0.2, 0.25) is 0 Å². The standard InChI is InChI=1S/C34H45F3O2/c1-3-5-21-38-28-16-14-27(15-17-28)30-19-18-29(33(36)34(30)37)26-12-9-24(10-13-26)7-8-25-11-20-32(31(35)23-25)39-22-6-4-2/h4,11,18-20,23-24,26-28H,2-3,5-10,12-17,21-22H2,1H3. The molecular formula is C34H45F3O2. The van der Waals surface area contributed by atoms with Gasteiger partial charge in [-0.3, -0.25) is 0 Å². The summed E-state index contributed by atoms with van der Waals surface area (Å²) < 4.78 is 56.2. The van der Waals surface area contributed by atoms with Crippen LogP contribution in [0.15, 0.2) is 43.0 Å². The minimum Gasteiger partial charge on any atom is -0.490 e. The summed E-state index contributed by atoms with van der Waals surface area (Å²) in [6.07, 6.45) is 13.9. The highest BCUT2D eigenvalue weighted by Gasteiger charge is 2.30. The number of ether oxygens (including phenoxy) is 2. The molecule has 214 valence electrons. The second kappa shape index (κ2) is 14.9. The molecule has 2 aromatic rings. The highest BCUT2D eigenvalue weighted by molar-refractivity contribution is 5.32. The second-order valence-corrected chi connectivity index (χ2v) is 11.5. The van der Waals surface area contributed by atoms with E-state index >= 15 is 8.78 Å². The van der Waals surface area contributed by atoms with Crippen molar-refractivity contribution in [3.05, 3.63) is 77.1 Å². The molecule has 0 atom stereocenters. The molecule has 5 heteroatoms. The van der Waals surface area contributed by atoms with Crippen LogP contribution in [0.5, 0.6) is 5.75 Å². The van der Waals surface area contributed by atoms with Gasteiger partial charge in [0.15, 0.2) is 23.2 Å². The Morgan fingerprint density at radius 2 is 1.49 bits per heavy atom. The molecule has 0 amide bonds. The molecule has 2 aliphatic carbocycles. The van der Waals surface area contributed by atoms with Crippen molar-refractivity contribution in [2.75, 3.05) is 13.2 Å². The molecule has 0 aromatic heterocycles. The first-order valence-corrected chi connectivity index (χ1v) is 15.1. The van der Waals surface area contributed by atoms with Gasteiger partial charge in [-0.25, -0.2) is 13.2 Å². The van der Waals surface area contributed by atoms with Gasteiger partial charge in [0, 0.05) is 6.61 Å². The van der Waals surface area contributed by atoms with E-state index in [1.807, 2.05) is 18.2 Å². The minimum atomic E-state index is -0.636. The predicted molar refractivity (Wildman–Crippen MR) is 152 cm³/mol. The zero-order valence-corrected chi connectivity index (χ0v) is 23.5. The molecule has 0 radical (unpaired) electrons. The lowest BCUT2D eigenvalue weighted by Gasteiger charge is -2.31. The summed E-state index contributed by atoms with van der Waals surface area (Å²) in [7, 11) is 0. The molecule has 0 spiro atoms. The monoisotopic (exact) mass is 542 g/mol. The summed E-state index contributed by atoms with van der Waals surface area (Å²) in [6, 6.07) is 8.91. The van der Waals surface area contributed by atoms with Crippen LogP contribution < -0.4 is 4.74 Å². The smallest absolute Gasteiger partial charge is 0.165 e. The molecule has 2 aliphatic rings. The largest absolute Gasteiger partial charge is 0.490 e. The van der Waals surface area contributed by atoms with Crippen molar-refractivity contribution in [3.8, 4) is 5.75 Å². The fourth-order valence-electron chi connectivity index (χ4n) is 6.35. The van der Waals surface area contributed by atoms with Gasteiger partial charge in [-0.1, -0.05) is 37.6 Å². The Labute approximate surface area is 233 Å². The van der Waals surface area contributed by atoms with Crippen LogP contribution in [0.3, 0.4) is 0 Å². The number of hydrogen-bond acceptors (Lipinski definition) is 2. The number of rotatable bonds is 13. The Balaban J connectivity index is 1.25.